The molecular weight excluding hydrogens is 274 g/mol. The van der Waals surface area contributed by atoms with Crippen LogP contribution in [0.2, 0.25) is 0 Å². The number of para-hydroxylation sites is 1. The van der Waals surface area contributed by atoms with Crippen molar-refractivity contribution in [1.29, 1.82) is 0 Å². The van der Waals surface area contributed by atoms with Crippen LogP contribution in [-0.2, 0) is 0 Å². The lowest BCUT2D eigenvalue weighted by Crippen LogP contribution is -2.27. The number of benzene rings is 2. The first-order chi connectivity index (χ1) is 10.6. The van der Waals surface area contributed by atoms with Crippen molar-refractivity contribution >= 4 is 12.3 Å². The number of hydrogen-bond donors (Lipinski definition) is 2. The van der Waals surface area contributed by atoms with Crippen LogP contribution >= 0.6 is 0 Å². The Morgan fingerprint density at radius 2 is 1.68 bits per heavy atom. The minimum atomic E-state index is 0.693. The Bertz CT molecular complexity index is 876. The van der Waals surface area contributed by atoms with Crippen LogP contribution in [0.4, 0.5) is 0 Å². The maximum absolute atomic E-state index is 5.92. The zero-order valence-corrected chi connectivity index (χ0v) is 12.3. The summed E-state index contributed by atoms with van der Waals surface area (Å²) in [7, 11) is 0. The largest absolute Gasteiger partial charge is 0.457 e. The van der Waals surface area contributed by atoms with E-state index in [4.69, 9.17) is 10.5 Å². The Balaban J connectivity index is 1.93. The second-order valence-electron chi connectivity index (χ2n) is 5.05. The van der Waals surface area contributed by atoms with E-state index < -0.39 is 0 Å². The molecule has 2 aromatic carbocycles. The molecule has 0 unspecified atom stereocenters. The third-order valence-electron chi connectivity index (χ3n) is 3.34. The molecule has 1 heterocycles. The number of H-pyrrole nitrogens is 1. The van der Waals surface area contributed by atoms with Gasteiger partial charge in [-0.3, -0.25) is 5.10 Å². The average molecular weight is 291 g/mol. The zero-order chi connectivity index (χ0) is 15.5. The SMILES string of the molecule is C=c1[nH]nc(-c2ccc(Oc3ccccc3)cc2)/c1=C(/C)N. The average Bonchev–Trinajstić information content (AvgIpc) is 2.91. The molecule has 3 aromatic rings. The van der Waals surface area contributed by atoms with Crippen molar-refractivity contribution in [2.45, 2.75) is 6.92 Å². The Morgan fingerprint density at radius 1 is 1.05 bits per heavy atom. The highest BCUT2D eigenvalue weighted by Gasteiger charge is 2.06. The molecule has 110 valence electrons. The summed E-state index contributed by atoms with van der Waals surface area (Å²) >= 11 is 0. The van der Waals surface area contributed by atoms with E-state index >= 15 is 0 Å². The highest BCUT2D eigenvalue weighted by molar-refractivity contribution is 5.63. The molecule has 0 fully saturated rings. The van der Waals surface area contributed by atoms with Crippen molar-refractivity contribution in [3.8, 4) is 22.8 Å². The maximum atomic E-state index is 5.92. The highest BCUT2D eigenvalue weighted by Crippen LogP contribution is 2.23. The Hall–Kier alpha value is -3.01. The molecule has 0 bridgehead atoms. The quantitative estimate of drug-likeness (QED) is 0.778. The standard InChI is InChI=1S/C18H17N3O/c1-12(19)17-13(2)20-21-18(17)14-8-10-16(11-9-14)22-15-6-4-3-5-7-15/h3-11,20H,2,19H2,1H3/b17-12-. The van der Waals surface area contributed by atoms with E-state index in [1.807, 2.05) is 61.5 Å². The number of aromatic amines is 1. The van der Waals surface area contributed by atoms with E-state index in [0.717, 1.165) is 33.3 Å². The fraction of sp³-hybridized carbons (Fsp3) is 0.0556. The second-order valence-corrected chi connectivity index (χ2v) is 5.05. The van der Waals surface area contributed by atoms with E-state index in [1.54, 1.807) is 0 Å². The number of nitrogens with zero attached hydrogens (tertiary/aromatic N) is 1. The van der Waals surface area contributed by atoms with Crippen molar-refractivity contribution < 1.29 is 4.74 Å². The topological polar surface area (TPSA) is 63.9 Å². The monoisotopic (exact) mass is 291 g/mol. The number of hydrogen-bond acceptors (Lipinski definition) is 3. The van der Waals surface area contributed by atoms with Crippen LogP contribution in [-0.4, -0.2) is 10.2 Å². The summed E-state index contributed by atoms with van der Waals surface area (Å²) in [4.78, 5) is 0. The third-order valence-corrected chi connectivity index (χ3v) is 3.34. The van der Waals surface area contributed by atoms with E-state index in [9.17, 15) is 0 Å². The van der Waals surface area contributed by atoms with E-state index in [-0.39, 0.29) is 0 Å². The molecule has 3 rings (SSSR count). The van der Waals surface area contributed by atoms with Gasteiger partial charge < -0.3 is 10.5 Å². The minimum absolute atomic E-state index is 0.693. The highest BCUT2D eigenvalue weighted by atomic mass is 16.5. The minimum Gasteiger partial charge on any atom is -0.457 e. The summed E-state index contributed by atoms with van der Waals surface area (Å²) in [6.07, 6.45) is 0. The van der Waals surface area contributed by atoms with Gasteiger partial charge in [0.15, 0.2) is 0 Å². The lowest BCUT2D eigenvalue weighted by molar-refractivity contribution is 0.483. The maximum Gasteiger partial charge on any atom is 0.127 e. The number of ether oxygens (including phenoxy) is 1. The summed E-state index contributed by atoms with van der Waals surface area (Å²) in [5, 5.41) is 8.75. The predicted molar refractivity (Wildman–Crippen MR) is 88.6 cm³/mol. The molecule has 0 amide bonds. The van der Waals surface area contributed by atoms with Gasteiger partial charge in [0.2, 0.25) is 0 Å². The molecule has 0 saturated carbocycles. The van der Waals surface area contributed by atoms with Crippen LogP contribution < -0.4 is 21.0 Å². The van der Waals surface area contributed by atoms with Crippen molar-refractivity contribution in [3.63, 3.8) is 0 Å². The number of aromatic nitrogens is 2. The number of rotatable bonds is 3. The molecule has 0 saturated heterocycles. The molecule has 22 heavy (non-hydrogen) atoms. The summed E-state index contributed by atoms with van der Waals surface area (Å²) in [6.45, 7) is 5.76. The molecule has 0 atom stereocenters. The molecule has 0 spiro atoms. The van der Waals surface area contributed by atoms with Crippen LogP contribution in [0.1, 0.15) is 6.92 Å². The molecule has 3 N–H and O–H groups in total. The summed E-state index contributed by atoms with van der Waals surface area (Å²) in [5.74, 6) is 1.58. The lowest BCUT2D eigenvalue weighted by Gasteiger charge is -2.06. The van der Waals surface area contributed by atoms with Gasteiger partial charge in [-0.05, 0) is 43.3 Å². The second kappa shape index (κ2) is 5.77. The summed E-state index contributed by atoms with van der Waals surface area (Å²) in [6, 6.07) is 17.4. The van der Waals surface area contributed by atoms with Crippen molar-refractivity contribution in [1.82, 2.24) is 10.2 Å². The summed E-state index contributed by atoms with van der Waals surface area (Å²) in [5.41, 5.74) is 8.38. The van der Waals surface area contributed by atoms with Gasteiger partial charge in [0.1, 0.15) is 17.2 Å². The fourth-order valence-corrected chi connectivity index (χ4v) is 2.32. The Labute approximate surface area is 128 Å². The first-order valence-corrected chi connectivity index (χ1v) is 6.98. The zero-order valence-electron chi connectivity index (χ0n) is 12.3. The van der Waals surface area contributed by atoms with E-state index in [2.05, 4.69) is 16.8 Å². The van der Waals surface area contributed by atoms with Gasteiger partial charge in [0, 0.05) is 16.5 Å². The molecule has 1 aromatic heterocycles. The summed E-state index contributed by atoms with van der Waals surface area (Å²) < 4.78 is 5.78. The normalized spacial score (nSPS) is 12.0. The van der Waals surface area contributed by atoms with Crippen LogP contribution in [0, 0.1) is 0 Å². The van der Waals surface area contributed by atoms with Gasteiger partial charge >= 0.3 is 0 Å². The Morgan fingerprint density at radius 3 is 2.32 bits per heavy atom. The van der Waals surface area contributed by atoms with Crippen molar-refractivity contribution in [2.24, 2.45) is 5.73 Å². The van der Waals surface area contributed by atoms with Gasteiger partial charge in [0.05, 0.1) is 5.35 Å². The molecule has 4 nitrogen and oxygen atoms in total. The third kappa shape index (κ3) is 2.72. The van der Waals surface area contributed by atoms with E-state index in [1.165, 1.54) is 0 Å². The molecule has 0 aliphatic heterocycles. The van der Waals surface area contributed by atoms with Gasteiger partial charge in [0.25, 0.3) is 0 Å². The number of nitrogens with one attached hydrogen (secondary N) is 1. The van der Waals surface area contributed by atoms with E-state index in [0.29, 0.717) is 5.70 Å². The van der Waals surface area contributed by atoms with Gasteiger partial charge in [-0.15, -0.1) is 0 Å². The van der Waals surface area contributed by atoms with Crippen LogP contribution in [0.25, 0.3) is 23.5 Å². The Kier molecular flexibility index (Phi) is 3.66. The molecule has 0 aliphatic carbocycles. The molecule has 0 aliphatic rings. The molecule has 4 heteroatoms. The molecular formula is C18H17N3O. The number of nitrogens with two attached hydrogens (primary N) is 1. The smallest absolute Gasteiger partial charge is 0.127 e. The van der Waals surface area contributed by atoms with Gasteiger partial charge in [-0.25, -0.2) is 0 Å². The lowest BCUT2D eigenvalue weighted by atomic mass is 10.1. The molecule has 0 radical (unpaired) electrons. The van der Waals surface area contributed by atoms with Crippen molar-refractivity contribution in [3.05, 3.63) is 65.2 Å². The van der Waals surface area contributed by atoms with Crippen LogP contribution in [0.3, 0.4) is 0 Å². The van der Waals surface area contributed by atoms with Crippen LogP contribution in [0.5, 0.6) is 11.5 Å². The first kappa shape index (κ1) is 13.9. The van der Waals surface area contributed by atoms with Gasteiger partial charge in [-0.2, -0.15) is 5.10 Å². The first-order valence-electron chi connectivity index (χ1n) is 6.98. The fourth-order valence-electron chi connectivity index (χ4n) is 2.32. The van der Waals surface area contributed by atoms with Crippen LogP contribution in [0.15, 0.2) is 54.6 Å². The van der Waals surface area contributed by atoms with Gasteiger partial charge in [-0.1, -0.05) is 24.8 Å². The van der Waals surface area contributed by atoms with Crippen molar-refractivity contribution in [2.75, 3.05) is 0 Å². The predicted octanol–water partition coefficient (Wildman–Crippen LogP) is 2.37.